The Labute approximate surface area is 195 Å². The number of benzene rings is 1. The van der Waals surface area contributed by atoms with Gasteiger partial charge in [-0.25, -0.2) is 8.42 Å². The first kappa shape index (κ1) is 23.8. The molecule has 4 rings (SSSR count). The van der Waals surface area contributed by atoms with Crippen molar-refractivity contribution in [1.82, 2.24) is 29.2 Å². The molecule has 1 aromatic carbocycles. The average Bonchev–Trinajstić information content (AvgIpc) is 3.46. The summed E-state index contributed by atoms with van der Waals surface area (Å²) in [6, 6.07) is 7.48. The number of alkyl halides is 2. The maximum absolute atomic E-state index is 13.0. The Morgan fingerprint density at radius 1 is 1.18 bits per heavy atom. The fraction of sp³-hybridized carbons (Fsp3) is 0.381. The first-order valence-corrected chi connectivity index (χ1v) is 12.1. The zero-order valence-electron chi connectivity index (χ0n) is 18.6. The van der Waals surface area contributed by atoms with Crippen LogP contribution in [0.3, 0.4) is 0 Å². The minimum absolute atomic E-state index is 0.0237. The molecule has 10 nitrogen and oxygen atoms in total. The van der Waals surface area contributed by atoms with Crippen molar-refractivity contribution in [3.05, 3.63) is 47.9 Å². The number of rotatable bonds is 7. The summed E-state index contributed by atoms with van der Waals surface area (Å²) in [4.78, 5) is 14.7. The van der Waals surface area contributed by atoms with Gasteiger partial charge < -0.3 is 9.64 Å². The van der Waals surface area contributed by atoms with Crippen molar-refractivity contribution in [2.24, 2.45) is 0 Å². The summed E-state index contributed by atoms with van der Waals surface area (Å²) in [5.74, 6) is -0.279. The predicted octanol–water partition coefficient (Wildman–Crippen LogP) is 2.35. The second-order valence-corrected chi connectivity index (χ2v) is 9.61. The molecule has 13 heteroatoms. The van der Waals surface area contributed by atoms with Crippen molar-refractivity contribution >= 4 is 15.9 Å². The molecule has 2 aromatic heterocycles. The molecule has 1 fully saturated rings. The maximum atomic E-state index is 13.0. The van der Waals surface area contributed by atoms with Crippen LogP contribution in [0.5, 0.6) is 5.75 Å². The standard InChI is InChI=1S/C21H24F2N6O4S/c1-3-28-13-19(14(2)26-28)34(31,32)29-10-8-27(9-11-29)20(30)18-12-17(24-25-18)15-4-6-16(7-5-15)33-21(22)23/h4-7,12-13,21H,3,8-11H2,1-2H3,(H,24,25). The molecule has 1 saturated heterocycles. The Hall–Kier alpha value is -3.32. The van der Waals surface area contributed by atoms with Crippen molar-refractivity contribution in [3.8, 4) is 17.0 Å². The lowest BCUT2D eigenvalue weighted by atomic mass is 10.1. The van der Waals surface area contributed by atoms with Gasteiger partial charge in [-0.1, -0.05) is 0 Å². The summed E-state index contributed by atoms with van der Waals surface area (Å²) in [5, 5.41) is 11.0. The number of aromatic nitrogens is 4. The van der Waals surface area contributed by atoms with Crippen LogP contribution in [0.1, 0.15) is 23.1 Å². The van der Waals surface area contributed by atoms with Crippen LogP contribution in [-0.2, 0) is 16.6 Å². The van der Waals surface area contributed by atoms with Crippen LogP contribution in [0.2, 0.25) is 0 Å². The van der Waals surface area contributed by atoms with Gasteiger partial charge >= 0.3 is 6.61 Å². The molecular formula is C21H24F2N6O4S. The van der Waals surface area contributed by atoms with Crippen molar-refractivity contribution < 1.29 is 26.7 Å². The van der Waals surface area contributed by atoms with E-state index in [0.29, 0.717) is 23.5 Å². The molecule has 182 valence electrons. The molecule has 0 spiro atoms. The minimum Gasteiger partial charge on any atom is -0.435 e. The number of piperazine rings is 1. The third kappa shape index (κ3) is 4.80. The second kappa shape index (κ2) is 9.50. The first-order chi connectivity index (χ1) is 16.2. The van der Waals surface area contributed by atoms with Crippen molar-refractivity contribution in [2.75, 3.05) is 26.2 Å². The number of amides is 1. The number of sulfonamides is 1. The molecule has 0 radical (unpaired) electrons. The Balaban J connectivity index is 1.40. The highest BCUT2D eigenvalue weighted by Crippen LogP contribution is 2.24. The summed E-state index contributed by atoms with van der Waals surface area (Å²) >= 11 is 0. The zero-order valence-corrected chi connectivity index (χ0v) is 19.4. The molecule has 1 amide bonds. The number of hydrogen-bond acceptors (Lipinski definition) is 6. The molecular weight excluding hydrogens is 470 g/mol. The molecule has 0 bridgehead atoms. The van der Waals surface area contributed by atoms with Gasteiger partial charge in [0, 0.05) is 44.5 Å². The average molecular weight is 495 g/mol. The number of aromatic amines is 1. The maximum Gasteiger partial charge on any atom is 0.387 e. The lowest BCUT2D eigenvalue weighted by Crippen LogP contribution is -2.50. The van der Waals surface area contributed by atoms with Gasteiger partial charge in [-0.05, 0) is 44.2 Å². The summed E-state index contributed by atoms with van der Waals surface area (Å²) in [6.45, 7) is 1.99. The number of nitrogens with one attached hydrogen (secondary N) is 1. The van der Waals surface area contributed by atoms with Gasteiger partial charge in [-0.3, -0.25) is 14.6 Å². The van der Waals surface area contributed by atoms with Crippen LogP contribution in [0, 0.1) is 6.92 Å². The number of aryl methyl sites for hydroxylation is 2. The van der Waals surface area contributed by atoms with Gasteiger partial charge in [-0.2, -0.15) is 23.3 Å². The lowest BCUT2D eigenvalue weighted by molar-refractivity contribution is -0.0498. The Morgan fingerprint density at radius 3 is 2.44 bits per heavy atom. The van der Waals surface area contributed by atoms with Crippen LogP contribution < -0.4 is 4.74 Å². The van der Waals surface area contributed by atoms with Gasteiger partial charge in [-0.15, -0.1) is 0 Å². The minimum atomic E-state index is -3.70. The van der Waals surface area contributed by atoms with Crippen LogP contribution in [0.4, 0.5) is 8.78 Å². The largest absolute Gasteiger partial charge is 0.435 e. The third-order valence-corrected chi connectivity index (χ3v) is 7.55. The number of nitrogens with zero attached hydrogens (tertiary/aromatic N) is 5. The third-order valence-electron chi connectivity index (χ3n) is 5.55. The summed E-state index contributed by atoms with van der Waals surface area (Å²) in [7, 11) is -3.70. The smallest absolute Gasteiger partial charge is 0.387 e. The Morgan fingerprint density at radius 2 is 1.85 bits per heavy atom. The molecule has 0 atom stereocenters. The van der Waals surface area contributed by atoms with E-state index in [0.717, 1.165) is 0 Å². The Kier molecular flexibility index (Phi) is 6.66. The van der Waals surface area contributed by atoms with E-state index < -0.39 is 16.6 Å². The van der Waals surface area contributed by atoms with Crippen molar-refractivity contribution in [1.29, 1.82) is 0 Å². The van der Waals surface area contributed by atoms with Crippen LogP contribution in [0.25, 0.3) is 11.3 Å². The van der Waals surface area contributed by atoms with Crippen molar-refractivity contribution in [2.45, 2.75) is 31.9 Å². The van der Waals surface area contributed by atoms with E-state index in [9.17, 15) is 22.0 Å². The number of halogens is 2. The first-order valence-electron chi connectivity index (χ1n) is 10.6. The monoisotopic (exact) mass is 494 g/mol. The SMILES string of the molecule is CCn1cc(S(=O)(=O)N2CCN(C(=O)c3cc(-c4ccc(OC(F)F)cc4)n[nH]3)CC2)c(C)n1. The summed E-state index contributed by atoms with van der Waals surface area (Å²) in [6.07, 6.45) is 1.53. The van der Waals surface area contributed by atoms with Crippen LogP contribution in [-0.4, -0.2) is 76.3 Å². The number of ether oxygens (including phenoxy) is 1. The molecule has 1 aliphatic heterocycles. The van der Waals surface area contributed by atoms with E-state index in [4.69, 9.17) is 0 Å². The van der Waals surface area contributed by atoms with Gasteiger partial charge in [0.1, 0.15) is 16.3 Å². The van der Waals surface area contributed by atoms with Gasteiger partial charge in [0.15, 0.2) is 0 Å². The number of carbonyl (C=O) groups excluding carboxylic acids is 1. The highest BCUT2D eigenvalue weighted by molar-refractivity contribution is 7.89. The Bertz CT molecular complexity index is 1260. The van der Waals surface area contributed by atoms with E-state index in [-0.39, 0.29) is 48.4 Å². The second-order valence-electron chi connectivity index (χ2n) is 7.70. The quantitative estimate of drug-likeness (QED) is 0.540. The van der Waals surface area contributed by atoms with E-state index in [1.807, 2.05) is 6.92 Å². The normalized spacial score (nSPS) is 15.1. The highest BCUT2D eigenvalue weighted by Gasteiger charge is 2.33. The van der Waals surface area contributed by atoms with E-state index in [1.54, 1.807) is 34.7 Å². The summed E-state index contributed by atoms with van der Waals surface area (Å²) in [5.41, 5.74) is 1.78. The van der Waals surface area contributed by atoms with E-state index in [2.05, 4.69) is 20.0 Å². The van der Waals surface area contributed by atoms with Crippen LogP contribution in [0.15, 0.2) is 41.4 Å². The van der Waals surface area contributed by atoms with E-state index >= 15 is 0 Å². The van der Waals surface area contributed by atoms with Crippen LogP contribution >= 0.6 is 0 Å². The molecule has 0 saturated carbocycles. The predicted molar refractivity (Wildman–Crippen MR) is 118 cm³/mol. The molecule has 34 heavy (non-hydrogen) atoms. The zero-order chi connectivity index (χ0) is 24.5. The fourth-order valence-corrected chi connectivity index (χ4v) is 5.33. The lowest BCUT2D eigenvalue weighted by Gasteiger charge is -2.33. The molecule has 3 heterocycles. The van der Waals surface area contributed by atoms with Gasteiger partial charge in [0.2, 0.25) is 10.0 Å². The summed E-state index contributed by atoms with van der Waals surface area (Å²) < 4.78 is 57.9. The molecule has 1 aliphatic rings. The van der Waals surface area contributed by atoms with E-state index in [1.165, 1.54) is 22.6 Å². The number of H-pyrrole nitrogens is 1. The number of hydrogen-bond donors (Lipinski definition) is 1. The number of carbonyl (C=O) groups is 1. The molecule has 0 unspecified atom stereocenters. The highest BCUT2D eigenvalue weighted by atomic mass is 32.2. The molecule has 3 aromatic rings. The van der Waals surface area contributed by atoms with Gasteiger partial charge in [0.05, 0.1) is 11.4 Å². The molecule has 1 N–H and O–H groups in total. The van der Waals surface area contributed by atoms with Crippen molar-refractivity contribution in [3.63, 3.8) is 0 Å². The topological polar surface area (TPSA) is 113 Å². The fourth-order valence-electron chi connectivity index (χ4n) is 3.74. The molecule has 0 aliphatic carbocycles. The van der Waals surface area contributed by atoms with Gasteiger partial charge in [0.25, 0.3) is 5.91 Å².